The van der Waals surface area contributed by atoms with Crippen LogP contribution in [0.25, 0.3) is 31.9 Å². The van der Waals surface area contributed by atoms with E-state index in [2.05, 4.69) is 57.2 Å². The standard InChI is InChI=1S/C45H60N6O3.3Zn/c1-28-16-31-22-46-37-10-4-6-12-39(37)48-24-33-18-29(2)20-35(44(33)53)26-50-41-14-8-9-15-42(41)51-27-36-21-30(3)19-34(45(36)54)25-49-40-13-7-5-11-38(40)47-23-32(17-28)43(31)52;;;/h16-21,37-42,52-54H,4-15,22-27H2,1-3H3;;;/q-6;3*+2. The summed E-state index contributed by atoms with van der Waals surface area (Å²) in [5.74, 6) is 0.887. The van der Waals surface area contributed by atoms with Crippen LogP contribution in [-0.4, -0.2) is 51.6 Å². The maximum Gasteiger partial charge on any atom is 2.00 e. The molecule has 57 heavy (non-hydrogen) atoms. The van der Waals surface area contributed by atoms with Gasteiger partial charge in [-0.1, -0.05) is 130 Å². The average Bonchev–Trinajstić information content (AvgIpc) is 3.17. The van der Waals surface area contributed by atoms with Crippen LogP contribution in [-0.2, 0) is 97.7 Å². The number of rotatable bonds is 0. The molecule has 6 bridgehead atoms. The van der Waals surface area contributed by atoms with Gasteiger partial charge in [-0.3, -0.25) is 0 Å². The van der Waals surface area contributed by atoms with Crippen LogP contribution in [0.1, 0.15) is 127 Å². The van der Waals surface area contributed by atoms with Crippen LogP contribution < -0.4 is 0 Å². The molecule has 0 amide bonds. The summed E-state index contributed by atoms with van der Waals surface area (Å²) in [7, 11) is 0. The van der Waals surface area contributed by atoms with Crippen LogP contribution in [0.15, 0.2) is 36.4 Å². The number of phenols is 3. The molecule has 3 saturated carbocycles. The van der Waals surface area contributed by atoms with Crippen LogP contribution in [0.3, 0.4) is 0 Å². The molecule has 1 heterocycles. The first-order valence-corrected chi connectivity index (χ1v) is 20.7. The summed E-state index contributed by atoms with van der Waals surface area (Å²) in [6.45, 7) is 8.87. The van der Waals surface area contributed by atoms with E-state index < -0.39 is 0 Å². The third kappa shape index (κ3) is 12.6. The van der Waals surface area contributed by atoms with Crippen molar-refractivity contribution >= 4 is 0 Å². The number of phenolic OH excluding ortho intramolecular Hbond substituents is 3. The van der Waals surface area contributed by atoms with Gasteiger partial charge in [0.15, 0.2) is 0 Å². The van der Waals surface area contributed by atoms with Gasteiger partial charge in [-0.05, 0) is 54.2 Å². The van der Waals surface area contributed by atoms with Gasteiger partial charge in [0.1, 0.15) is 17.2 Å². The maximum atomic E-state index is 11.5. The Balaban J connectivity index is 0.00000240. The van der Waals surface area contributed by atoms with Crippen molar-refractivity contribution in [2.24, 2.45) is 0 Å². The smallest absolute Gasteiger partial charge is 0.657 e. The molecule has 0 saturated heterocycles. The topological polar surface area (TPSA) is 145 Å². The first kappa shape index (κ1) is 48.4. The quantitative estimate of drug-likeness (QED) is 0.193. The summed E-state index contributed by atoms with van der Waals surface area (Å²) < 4.78 is 0. The molecule has 1 aliphatic heterocycles. The first-order chi connectivity index (χ1) is 26.2. The van der Waals surface area contributed by atoms with Crippen molar-refractivity contribution in [3.05, 3.63) is 118 Å². The summed E-state index contributed by atoms with van der Waals surface area (Å²) in [4.78, 5) is 0. The average molecular weight is 929 g/mol. The van der Waals surface area contributed by atoms with E-state index in [9.17, 15) is 15.3 Å². The second kappa shape index (κ2) is 23.1. The van der Waals surface area contributed by atoms with Gasteiger partial charge in [-0.2, -0.15) is 36.3 Å². The zero-order valence-electron chi connectivity index (χ0n) is 34.8. The van der Waals surface area contributed by atoms with Crippen molar-refractivity contribution in [2.75, 3.05) is 0 Å². The van der Waals surface area contributed by atoms with E-state index in [4.69, 9.17) is 31.9 Å². The van der Waals surface area contributed by atoms with Crippen molar-refractivity contribution in [3.63, 3.8) is 0 Å². The molecule has 12 heteroatoms. The Morgan fingerprint density at radius 2 is 0.491 bits per heavy atom. The van der Waals surface area contributed by atoms with Gasteiger partial charge >= 0.3 is 58.4 Å². The Hall–Kier alpha value is -1.31. The summed E-state index contributed by atoms with van der Waals surface area (Å²) in [6, 6.07) is 12.8. The van der Waals surface area contributed by atoms with E-state index in [0.717, 1.165) is 127 Å². The molecular formula is C45H60N6O3Zn3. The van der Waals surface area contributed by atoms with Gasteiger partial charge in [0.25, 0.3) is 0 Å². The largest absolute Gasteiger partial charge is 2.00 e. The van der Waals surface area contributed by atoms with Crippen molar-refractivity contribution in [1.29, 1.82) is 0 Å². The molecular weight excluding hydrogens is 869 g/mol. The van der Waals surface area contributed by atoms with Crippen LogP contribution >= 0.6 is 0 Å². The van der Waals surface area contributed by atoms with Crippen LogP contribution in [0.5, 0.6) is 17.2 Å². The molecule has 3 fully saturated rings. The summed E-state index contributed by atoms with van der Waals surface area (Å²) in [6.07, 6.45) is 12.6. The van der Waals surface area contributed by atoms with Crippen molar-refractivity contribution in [1.82, 2.24) is 0 Å². The Bertz CT molecular complexity index is 1440. The first-order valence-electron chi connectivity index (χ1n) is 20.7. The molecule has 0 spiro atoms. The van der Waals surface area contributed by atoms with Crippen molar-refractivity contribution in [2.45, 2.75) is 173 Å². The third-order valence-electron chi connectivity index (χ3n) is 12.3. The Morgan fingerprint density at radius 1 is 0.333 bits per heavy atom. The SMILES string of the molecule is Cc1cc2c(O)c(c1)C[N-]C1CCCCC1[N-]Cc1cc(C)cc(c1O)C[N-]C1CCCCC1[N-]Cc1cc(C)cc(c1O)C[N-]C1CCCCC1[N-]C2.[Zn+2].[Zn+2].[Zn+2]. The fraction of sp³-hybridized carbons (Fsp3) is 0.600. The molecule has 3 aromatic rings. The number of aromatic hydroxyl groups is 3. The summed E-state index contributed by atoms with van der Waals surface area (Å²) >= 11 is 0. The Morgan fingerprint density at radius 3 is 0.649 bits per heavy atom. The van der Waals surface area contributed by atoms with E-state index in [1.54, 1.807) is 0 Å². The molecule has 3 aromatic carbocycles. The van der Waals surface area contributed by atoms with Gasteiger partial charge in [0.05, 0.1) is 0 Å². The minimum atomic E-state index is 0. The number of nitrogens with zero attached hydrogens (tertiary/aromatic N) is 6. The zero-order valence-corrected chi connectivity index (χ0v) is 43.7. The predicted octanol–water partition coefficient (Wildman–Crippen LogP) is 11.3. The second-order valence-corrected chi connectivity index (χ2v) is 16.6. The molecule has 0 radical (unpaired) electrons. The van der Waals surface area contributed by atoms with E-state index in [0.29, 0.717) is 56.5 Å². The summed E-state index contributed by atoms with van der Waals surface area (Å²) in [5, 5.41) is 65.5. The van der Waals surface area contributed by atoms with Gasteiger partial charge in [0, 0.05) is 0 Å². The van der Waals surface area contributed by atoms with E-state index in [-0.39, 0.29) is 94.7 Å². The minimum Gasteiger partial charge on any atom is -0.657 e. The van der Waals surface area contributed by atoms with Crippen molar-refractivity contribution in [3.8, 4) is 17.2 Å². The summed E-state index contributed by atoms with van der Waals surface area (Å²) in [5.41, 5.74) is 8.33. The van der Waals surface area contributed by atoms with E-state index in [1.165, 1.54) is 0 Å². The minimum absolute atomic E-state index is 0. The Labute approximate surface area is 380 Å². The van der Waals surface area contributed by atoms with Gasteiger partial charge in [-0.15, -0.1) is 39.3 Å². The van der Waals surface area contributed by atoms with E-state index >= 15 is 0 Å². The molecule has 4 aliphatic rings. The molecule has 9 nitrogen and oxygen atoms in total. The van der Waals surface area contributed by atoms with Crippen LogP contribution in [0.2, 0.25) is 0 Å². The molecule has 0 aromatic heterocycles. The monoisotopic (exact) mass is 924 g/mol. The van der Waals surface area contributed by atoms with Gasteiger partial charge in [-0.25, -0.2) is 0 Å². The molecule has 294 valence electrons. The fourth-order valence-corrected chi connectivity index (χ4v) is 9.37. The van der Waals surface area contributed by atoms with Gasteiger partial charge < -0.3 is 47.2 Å². The fourth-order valence-electron chi connectivity index (χ4n) is 9.37. The number of hydrogen-bond donors (Lipinski definition) is 3. The van der Waals surface area contributed by atoms with Crippen LogP contribution in [0.4, 0.5) is 0 Å². The molecule has 6 unspecified atom stereocenters. The predicted molar refractivity (Wildman–Crippen MR) is 219 cm³/mol. The molecule has 7 rings (SSSR count). The second-order valence-electron chi connectivity index (χ2n) is 16.6. The van der Waals surface area contributed by atoms with Crippen molar-refractivity contribution < 1.29 is 73.8 Å². The number of benzene rings is 3. The molecule has 3 aliphatic carbocycles. The third-order valence-corrected chi connectivity index (χ3v) is 12.3. The zero-order chi connectivity index (χ0) is 37.6. The maximum absolute atomic E-state index is 11.5. The van der Waals surface area contributed by atoms with Gasteiger partial charge in [0.2, 0.25) is 0 Å². The van der Waals surface area contributed by atoms with E-state index in [1.807, 2.05) is 0 Å². The molecule has 3 N–H and O–H groups in total. The normalized spacial score (nSPS) is 26.4. The Kier molecular flexibility index (Phi) is 19.6. The molecule has 6 atom stereocenters. The number of hydrogen-bond acceptors (Lipinski definition) is 3. The van der Waals surface area contributed by atoms with Crippen LogP contribution in [0, 0.1) is 20.8 Å². The number of fused-ring (bicyclic) bond motifs is 9. The number of aryl methyl sites for hydroxylation is 3.